The molecule has 96 valence electrons. The zero-order valence-corrected chi connectivity index (χ0v) is 11.1. The van der Waals surface area contributed by atoms with Gasteiger partial charge in [-0.2, -0.15) is 5.10 Å². The van der Waals surface area contributed by atoms with Crippen LogP contribution in [0.3, 0.4) is 0 Å². The van der Waals surface area contributed by atoms with Gasteiger partial charge in [-0.25, -0.2) is 4.79 Å². The van der Waals surface area contributed by atoms with Crippen LogP contribution in [0.15, 0.2) is 36.5 Å². The third-order valence-electron chi connectivity index (χ3n) is 2.99. The number of fused-ring (bicyclic) bond motifs is 1. The van der Waals surface area contributed by atoms with E-state index in [0.717, 1.165) is 21.3 Å². The number of benzene rings is 1. The first-order valence-corrected chi connectivity index (χ1v) is 6.70. The molecule has 0 saturated carbocycles. The Hall–Kier alpha value is -2.14. The molecule has 19 heavy (non-hydrogen) atoms. The van der Waals surface area contributed by atoms with E-state index in [2.05, 4.69) is 5.10 Å². The molecule has 0 aliphatic carbocycles. The fourth-order valence-corrected chi connectivity index (χ4v) is 3.19. The lowest BCUT2D eigenvalue weighted by Crippen LogP contribution is -2.05. The van der Waals surface area contributed by atoms with Gasteiger partial charge in [0.25, 0.3) is 0 Å². The summed E-state index contributed by atoms with van der Waals surface area (Å²) in [6, 6.07) is 9.67. The van der Waals surface area contributed by atoms with Gasteiger partial charge in [-0.3, -0.25) is 4.68 Å². The van der Waals surface area contributed by atoms with Crippen molar-refractivity contribution in [3.8, 4) is 0 Å². The van der Waals surface area contributed by atoms with Gasteiger partial charge in [-0.15, -0.1) is 11.3 Å². The molecule has 0 amide bonds. The highest BCUT2D eigenvalue weighted by molar-refractivity contribution is 7.21. The molecule has 0 aliphatic rings. The van der Waals surface area contributed by atoms with Crippen LogP contribution in [-0.2, 0) is 6.54 Å². The zero-order chi connectivity index (χ0) is 13.4. The first-order chi connectivity index (χ1) is 9.15. The first kappa shape index (κ1) is 11.9. The molecule has 0 atom stereocenters. The topological polar surface area (TPSA) is 55.1 Å². The van der Waals surface area contributed by atoms with Gasteiger partial charge in [0.05, 0.1) is 12.2 Å². The Kier molecular flexibility index (Phi) is 2.83. The van der Waals surface area contributed by atoms with E-state index >= 15 is 0 Å². The van der Waals surface area contributed by atoms with E-state index in [9.17, 15) is 9.90 Å². The van der Waals surface area contributed by atoms with Crippen molar-refractivity contribution < 1.29 is 9.90 Å². The molecule has 0 radical (unpaired) electrons. The molecule has 2 heterocycles. The molecule has 0 fully saturated rings. The number of aromatic carboxylic acids is 1. The molecule has 2 aromatic heterocycles. The van der Waals surface area contributed by atoms with E-state index in [1.54, 1.807) is 4.68 Å². The predicted octanol–water partition coefficient (Wildman–Crippen LogP) is 3.15. The highest BCUT2D eigenvalue weighted by atomic mass is 32.1. The summed E-state index contributed by atoms with van der Waals surface area (Å²) >= 11 is 1.32. The van der Waals surface area contributed by atoms with Crippen LogP contribution in [0.2, 0.25) is 0 Å². The van der Waals surface area contributed by atoms with Crippen LogP contribution >= 0.6 is 11.3 Å². The smallest absolute Gasteiger partial charge is 0.346 e. The number of hydrogen-bond donors (Lipinski definition) is 1. The Bertz CT molecular complexity index is 758. The monoisotopic (exact) mass is 272 g/mol. The van der Waals surface area contributed by atoms with E-state index < -0.39 is 5.97 Å². The molecule has 3 rings (SSSR count). The molecule has 0 spiro atoms. The standard InChI is InChI=1S/C14H12N2O2S/c1-9-6-7-16(15-9)8-11-10-4-2-3-5-12(10)19-13(11)14(17)18/h2-7H,8H2,1H3,(H,17,18). The number of hydrogen-bond acceptors (Lipinski definition) is 3. The van der Waals surface area contributed by atoms with E-state index in [-0.39, 0.29) is 0 Å². The van der Waals surface area contributed by atoms with Crippen molar-refractivity contribution in [1.82, 2.24) is 9.78 Å². The summed E-state index contributed by atoms with van der Waals surface area (Å²) in [6.07, 6.45) is 1.87. The highest BCUT2D eigenvalue weighted by Crippen LogP contribution is 2.31. The lowest BCUT2D eigenvalue weighted by atomic mass is 10.1. The second-order valence-corrected chi connectivity index (χ2v) is 5.42. The van der Waals surface area contributed by atoms with Crippen molar-refractivity contribution in [2.24, 2.45) is 0 Å². The zero-order valence-electron chi connectivity index (χ0n) is 10.3. The van der Waals surface area contributed by atoms with Crippen molar-refractivity contribution in [3.05, 3.63) is 52.7 Å². The normalized spacial score (nSPS) is 11.0. The Balaban J connectivity index is 2.14. The van der Waals surface area contributed by atoms with Crippen LogP contribution in [0.5, 0.6) is 0 Å². The van der Waals surface area contributed by atoms with Gasteiger partial charge in [-0.05, 0) is 24.4 Å². The van der Waals surface area contributed by atoms with Gasteiger partial charge in [0, 0.05) is 16.5 Å². The summed E-state index contributed by atoms with van der Waals surface area (Å²) in [5, 5.41) is 14.7. The fourth-order valence-electron chi connectivity index (χ4n) is 2.14. The van der Waals surface area contributed by atoms with Crippen LogP contribution in [0.25, 0.3) is 10.1 Å². The number of thiophene rings is 1. The van der Waals surface area contributed by atoms with Gasteiger partial charge < -0.3 is 5.11 Å². The van der Waals surface area contributed by atoms with Gasteiger partial charge in [0.2, 0.25) is 0 Å². The number of nitrogens with zero attached hydrogens (tertiary/aromatic N) is 2. The molecule has 1 aromatic carbocycles. The minimum absolute atomic E-state index is 0.398. The second-order valence-electron chi connectivity index (χ2n) is 4.37. The van der Waals surface area contributed by atoms with Gasteiger partial charge in [0.1, 0.15) is 4.88 Å². The van der Waals surface area contributed by atoms with Crippen molar-refractivity contribution >= 4 is 27.4 Å². The molecule has 3 aromatic rings. The van der Waals surface area contributed by atoms with Gasteiger partial charge in [-0.1, -0.05) is 18.2 Å². The SMILES string of the molecule is Cc1ccn(Cc2c(C(=O)O)sc3ccccc23)n1. The Morgan fingerprint density at radius 3 is 2.84 bits per heavy atom. The van der Waals surface area contributed by atoms with Crippen molar-refractivity contribution in [3.63, 3.8) is 0 Å². The predicted molar refractivity (Wildman–Crippen MR) is 74.9 cm³/mol. The summed E-state index contributed by atoms with van der Waals surface area (Å²) in [6.45, 7) is 2.40. The molecular weight excluding hydrogens is 260 g/mol. The van der Waals surface area contributed by atoms with Crippen LogP contribution < -0.4 is 0 Å². The number of carbonyl (C=O) groups is 1. The number of carboxylic acids is 1. The molecule has 1 N–H and O–H groups in total. The molecular formula is C14H12N2O2S. The third kappa shape index (κ3) is 2.13. The largest absolute Gasteiger partial charge is 0.477 e. The van der Waals surface area contributed by atoms with E-state index in [1.807, 2.05) is 43.5 Å². The molecule has 4 nitrogen and oxygen atoms in total. The van der Waals surface area contributed by atoms with E-state index in [1.165, 1.54) is 11.3 Å². The average Bonchev–Trinajstić information content (AvgIpc) is 2.95. The Labute approximate surface area is 113 Å². The number of aryl methyl sites for hydroxylation is 1. The van der Waals surface area contributed by atoms with E-state index in [4.69, 9.17) is 0 Å². The summed E-state index contributed by atoms with van der Waals surface area (Å²) < 4.78 is 2.77. The Morgan fingerprint density at radius 2 is 2.16 bits per heavy atom. The maximum Gasteiger partial charge on any atom is 0.346 e. The number of aromatic nitrogens is 2. The van der Waals surface area contributed by atoms with Crippen molar-refractivity contribution in [1.29, 1.82) is 0 Å². The maximum absolute atomic E-state index is 11.4. The summed E-state index contributed by atoms with van der Waals surface area (Å²) in [5.41, 5.74) is 1.76. The quantitative estimate of drug-likeness (QED) is 0.796. The van der Waals surface area contributed by atoms with Crippen LogP contribution in [0.1, 0.15) is 20.9 Å². The summed E-state index contributed by atoms with van der Waals surface area (Å²) in [7, 11) is 0. The molecule has 0 unspecified atom stereocenters. The number of carboxylic acid groups (broad SMARTS) is 1. The van der Waals surface area contributed by atoms with Gasteiger partial charge >= 0.3 is 5.97 Å². The summed E-state index contributed by atoms with van der Waals surface area (Å²) in [5.74, 6) is -0.875. The van der Waals surface area contributed by atoms with Crippen molar-refractivity contribution in [2.75, 3.05) is 0 Å². The molecule has 0 saturated heterocycles. The third-order valence-corrected chi connectivity index (χ3v) is 4.19. The number of rotatable bonds is 3. The van der Waals surface area contributed by atoms with Crippen molar-refractivity contribution in [2.45, 2.75) is 13.5 Å². The van der Waals surface area contributed by atoms with Crippen LogP contribution in [-0.4, -0.2) is 20.9 Å². The lowest BCUT2D eigenvalue weighted by molar-refractivity contribution is 0.0701. The first-order valence-electron chi connectivity index (χ1n) is 5.89. The summed E-state index contributed by atoms with van der Waals surface area (Å²) in [4.78, 5) is 11.8. The molecule has 0 aliphatic heterocycles. The highest BCUT2D eigenvalue weighted by Gasteiger charge is 2.17. The minimum atomic E-state index is -0.875. The molecule has 0 bridgehead atoms. The maximum atomic E-state index is 11.4. The molecule has 5 heteroatoms. The Morgan fingerprint density at radius 1 is 1.37 bits per heavy atom. The average molecular weight is 272 g/mol. The lowest BCUT2D eigenvalue weighted by Gasteiger charge is -2.02. The van der Waals surface area contributed by atoms with Crippen LogP contribution in [0, 0.1) is 6.92 Å². The minimum Gasteiger partial charge on any atom is -0.477 e. The van der Waals surface area contributed by atoms with Gasteiger partial charge in [0.15, 0.2) is 0 Å². The van der Waals surface area contributed by atoms with E-state index in [0.29, 0.717) is 11.4 Å². The fraction of sp³-hybridized carbons (Fsp3) is 0.143. The van der Waals surface area contributed by atoms with Crippen LogP contribution in [0.4, 0.5) is 0 Å². The second kappa shape index (κ2) is 4.51.